The summed E-state index contributed by atoms with van der Waals surface area (Å²) < 4.78 is 0. The molecule has 0 aromatic heterocycles. The number of nitro groups is 1. The molecule has 0 spiro atoms. The average Bonchev–Trinajstić information content (AvgIpc) is 2.48. The Bertz CT molecular complexity index is 593. The van der Waals surface area contributed by atoms with Crippen molar-refractivity contribution in [3.63, 3.8) is 0 Å². The second kappa shape index (κ2) is 7.42. The minimum absolute atomic E-state index is 0.0189. The third-order valence-corrected chi connectivity index (χ3v) is 2.38. The molecule has 0 saturated carbocycles. The maximum atomic E-state index is 12.0. The van der Waals surface area contributed by atoms with E-state index in [0.29, 0.717) is 11.1 Å². The molecule has 0 aliphatic heterocycles. The fraction of sp³-hybridized carbons (Fsp3) is 0. The summed E-state index contributed by atoms with van der Waals surface area (Å²) in [5, 5.41) is 17.4. The molecular formula is C14H11NO5. The van der Waals surface area contributed by atoms with Gasteiger partial charge < -0.3 is 5.11 Å². The number of carbonyl (C=O) groups excluding carboxylic acids is 1. The van der Waals surface area contributed by atoms with E-state index in [-0.39, 0.29) is 17.9 Å². The molecule has 20 heavy (non-hydrogen) atoms. The van der Waals surface area contributed by atoms with Gasteiger partial charge >= 0.3 is 0 Å². The monoisotopic (exact) mass is 273 g/mol. The molecule has 0 aliphatic rings. The van der Waals surface area contributed by atoms with Crippen molar-refractivity contribution in [1.82, 2.24) is 0 Å². The van der Waals surface area contributed by atoms with Gasteiger partial charge in [0, 0.05) is 23.3 Å². The van der Waals surface area contributed by atoms with Crippen molar-refractivity contribution < 1.29 is 19.6 Å². The number of benzene rings is 2. The van der Waals surface area contributed by atoms with E-state index in [9.17, 15) is 14.9 Å². The van der Waals surface area contributed by atoms with Crippen molar-refractivity contribution in [3.8, 4) is 0 Å². The number of non-ortho nitro benzene ring substituents is 1. The molecule has 0 aliphatic carbocycles. The molecule has 0 atom stereocenters. The Morgan fingerprint density at radius 3 is 1.90 bits per heavy atom. The minimum Gasteiger partial charge on any atom is -0.483 e. The number of ketones is 1. The maximum Gasteiger partial charge on any atom is 0.290 e. The van der Waals surface area contributed by atoms with Crippen LogP contribution in [0.5, 0.6) is 0 Å². The molecule has 2 aromatic carbocycles. The van der Waals surface area contributed by atoms with Gasteiger partial charge in [0.05, 0.1) is 4.92 Å². The standard InChI is InChI=1S/C13H9NO3.CH2O2/c15-13(10-4-2-1-3-5-10)11-6-8-12(9-7-11)14(16)17;2-1-3/h1-9H;1H,(H,2,3). The average molecular weight is 273 g/mol. The summed E-state index contributed by atoms with van der Waals surface area (Å²) in [7, 11) is 0. The van der Waals surface area contributed by atoms with Crippen molar-refractivity contribution in [3.05, 3.63) is 75.8 Å². The Morgan fingerprint density at radius 2 is 1.45 bits per heavy atom. The number of nitro benzene ring substituents is 1. The molecule has 1 N–H and O–H groups in total. The predicted molar refractivity (Wildman–Crippen MR) is 71.7 cm³/mol. The number of rotatable bonds is 3. The quantitative estimate of drug-likeness (QED) is 0.401. The van der Waals surface area contributed by atoms with Crippen molar-refractivity contribution in [1.29, 1.82) is 0 Å². The Hall–Kier alpha value is -3.02. The Morgan fingerprint density at radius 1 is 1.00 bits per heavy atom. The molecule has 6 nitrogen and oxygen atoms in total. The van der Waals surface area contributed by atoms with Crippen molar-refractivity contribution in [2.45, 2.75) is 0 Å². The Labute approximate surface area is 114 Å². The first-order valence-corrected chi connectivity index (χ1v) is 5.52. The molecule has 0 heterocycles. The predicted octanol–water partition coefficient (Wildman–Crippen LogP) is 2.53. The van der Waals surface area contributed by atoms with Gasteiger partial charge in [0.25, 0.3) is 12.2 Å². The lowest BCUT2D eigenvalue weighted by Gasteiger charge is -2.00. The van der Waals surface area contributed by atoms with Gasteiger partial charge in [0.15, 0.2) is 5.78 Å². The summed E-state index contributed by atoms with van der Waals surface area (Å²) >= 11 is 0. The van der Waals surface area contributed by atoms with Crippen molar-refractivity contribution >= 4 is 17.9 Å². The first-order valence-electron chi connectivity index (χ1n) is 5.52. The Kier molecular flexibility index (Phi) is 5.58. The van der Waals surface area contributed by atoms with Gasteiger partial charge in [-0.2, -0.15) is 0 Å². The molecule has 102 valence electrons. The molecule has 0 fully saturated rings. The number of hydrogen-bond acceptors (Lipinski definition) is 4. The molecular weight excluding hydrogens is 262 g/mol. The molecule has 0 saturated heterocycles. The molecule has 0 radical (unpaired) electrons. The summed E-state index contributed by atoms with van der Waals surface area (Å²) in [6.07, 6.45) is 0. The smallest absolute Gasteiger partial charge is 0.290 e. The van der Waals surface area contributed by atoms with E-state index in [1.807, 2.05) is 6.07 Å². The van der Waals surface area contributed by atoms with Gasteiger partial charge in [0.2, 0.25) is 0 Å². The lowest BCUT2D eigenvalue weighted by Crippen LogP contribution is -2.00. The zero-order valence-corrected chi connectivity index (χ0v) is 10.3. The number of nitrogens with zero attached hydrogens (tertiary/aromatic N) is 1. The summed E-state index contributed by atoms with van der Waals surface area (Å²) in [4.78, 5) is 30.3. The first kappa shape index (κ1) is 15.0. The number of carboxylic acid groups (broad SMARTS) is 1. The van der Waals surface area contributed by atoms with E-state index in [1.54, 1.807) is 24.3 Å². The molecule has 2 aromatic rings. The lowest BCUT2D eigenvalue weighted by molar-refractivity contribution is -0.384. The normalized spacial score (nSPS) is 9.00. The number of carbonyl (C=O) groups is 2. The van der Waals surface area contributed by atoms with Crippen molar-refractivity contribution in [2.24, 2.45) is 0 Å². The van der Waals surface area contributed by atoms with Crippen LogP contribution in [0.1, 0.15) is 15.9 Å². The van der Waals surface area contributed by atoms with Crippen LogP contribution in [0.4, 0.5) is 5.69 Å². The van der Waals surface area contributed by atoms with Gasteiger partial charge in [-0.05, 0) is 12.1 Å². The third-order valence-electron chi connectivity index (χ3n) is 2.38. The first-order chi connectivity index (χ1) is 9.60. The van der Waals surface area contributed by atoms with Gasteiger partial charge in [-0.15, -0.1) is 0 Å². The van der Waals surface area contributed by atoms with Crippen LogP contribution in [0.2, 0.25) is 0 Å². The summed E-state index contributed by atoms with van der Waals surface area (Å²) in [6.45, 7) is -0.250. The highest BCUT2D eigenvalue weighted by Crippen LogP contribution is 2.15. The summed E-state index contributed by atoms with van der Waals surface area (Å²) in [6, 6.07) is 14.4. The largest absolute Gasteiger partial charge is 0.483 e. The molecule has 6 heteroatoms. The van der Waals surface area contributed by atoms with Gasteiger partial charge in [-0.25, -0.2) is 0 Å². The van der Waals surface area contributed by atoms with E-state index in [2.05, 4.69) is 0 Å². The third kappa shape index (κ3) is 4.02. The second-order valence-corrected chi connectivity index (χ2v) is 3.60. The zero-order valence-electron chi connectivity index (χ0n) is 10.3. The second-order valence-electron chi connectivity index (χ2n) is 3.60. The summed E-state index contributed by atoms with van der Waals surface area (Å²) in [5.41, 5.74) is 0.998. The highest BCUT2D eigenvalue weighted by Gasteiger charge is 2.10. The van der Waals surface area contributed by atoms with Gasteiger partial charge in [0.1, 0.15) is 0 Å². The van der Waals surface area contributed by atoms with Crippen LogP contribution in [0, 0.1) is 10.1 Å². The van der Waals surface area contributed by atoms with Crippen LogP contribution in [-0.4, -0.2) is 22.3 Å². The van der Waals surface area contributed by atoms with Crippen LogP contribution in [0.15, 0.2) is 54.6 Å². The Balaban J connectivity index is 0.000000612. The zero-order chi connectivity index (χ0) is 15.0. The van der Waals surface area contributed by atoms with Crippen LogP contribution < -0.4 is 0 Å². The van der Waals surface area contributed by atoms with E-state index in [1.165, 1.54) is 24.3 Å². The molecule has 0 unspecified atom stereocenters. The highest BCUT2D eigenvalue weighted by molar-refractivity contribution is 6.09. The van der Waals surface area contributed by atoms with E-state index in [4.69, 9.17) is 9.90 Å². The summed E-state index contributed by atoms with van der Waals surface area (Å²) in [5.74, 6) is -0.138. The molecule has 0 bridgehead atoms. The van der Waals surface area contributed by atoms with Crippen LogP contribution in [0.3, 0.4) is 0 Å². The van der Waals surface area contributed by atoms with Crippen molar-refractivity contribution in [2.75, 3.05) is 0 Å². The highest BCUT2D eigenvalue weighted by atomic mass is 16.6. The topological polar surface area (TPSA) is 97.5 Å². The van der Waals surface area contributed by atoms with Gasteiger partial charge in [-0.3, -0.25) is 19.7 Å². The fourth-order valence-electron chi connectivity index (χ4n) is 1.49. The molecule has 2 rings (SSSR count). The fourth-order valence-corrected chi connectivity index (χ4v) is 1.49. The van der Waals surface area contributed by atoms with Crippen LogP contribution >= 0.6 is 0 Å². The van der Waals surface area contributed by atoms with Crippen LogP contribution in [0.25, 0.3) is 0 Å². The molecule has 0 amide bonds. The lowest BCUT2D eigenvalue weighted by atomic mass is 10.0. The maximum absolute atomic E-state index is 12.0. The van der Waals surface area contributed by atoms with E-state index >= 15 is 0 Å². The van der Waals surface area contributed by atoms with Crippen LogP contribution in [-0.2, 0) is 4.79 Å². The van der Waals surface area contributed by atoms with E-state index in [0.717, 1.165) is 0 Å². The minimum atomic E-state index is -0.489. The number of hydrogen-bond donors (Lipinski definition) is 1. The van der Waals surface area contributed by atoms with E-state index < -0.39 is 4.92 Å². The van der Waals surface area contributed by atoms with Gasteiger partial charge in [-0.1, -0.05) is 30.3 Å². The SMILES string of the molecule is O=C(c1ccccc1)c1ccc([N+](=O)[O-])cc1.O=CO.